The first-order chi connectivity index (χ1) is 12.5. The van der Waals surface area contributed by atoms with Gasteiger partial charge in [0, 0.05) is 17.9 Å². The molecule has 4 nitrogen and oxygen atoms in total. The van der Waals surface area contributed by atoms with E-state index in [0.717, 1.165) is 17.1 Å². The summed E-state index contributed by atoms with van der Waals surface area (Å²) >= 11 is 1.63. The van der Waals surface area contributed by atoms with E-state index in [0.29, 0.717) is 12.3 Å². The topological polar surface area (TPSA) is 41.6 Å². The molecule has 0 aromatic heterocycles. The predicted octanol–water partition coefficient (Wildman–Crippen LogP) is 3.66. The summed E-state index contributed by atoms with van der Waals surface area (Å²) in [5.41, 5.74) is 3.57. The van der Waals surface area contributed by atoms with Gasteiger partial charge in [-0.15, -0.1) is 11.8 Å². The van der Waals surface area contributed by atoms with Crippen LogP contribution in [-0.2, 0) is 10.5 Å². The minimum atomic E-state index is 0.0591. The monoisotopic (exact) mass is 372 g/mol. The number of carbonyl (C=O) groups excluding carboxylic acids is 1. The van der Waals surface area contributed by atoms with Crippen LogP contribution >= 0.6 is 11.8 Å². The second-order valence-electron chi connectivity index (χ2n) is 6.50. The molecule has 0 saturated heterocycles. The van der Waals surface area contributed by atoms with Crippen molar-refractivity contribution in [3.8, 4) is 5.75 Å². The van der Waals surface area contributed by atoms with Gasteiger partial charge in [0.2, 0.25) is 5.91 Å². The van der Waals surface area contributed by atoms with Gasteiger partial charge in [-0.2, -0.15) is 0 Å². The molecular formula is C21H28N2O2S. The van der Waals surface area contributed by atoms with E-state index in [9.17, 15) is 4.79 Å². The summed E-state index contributed by atoms with van der Waals surface area (Å²) in [4.78, 5) is 14.3. The number of aryl methyl sites for hydroxylation is 1. The fourth-order valence-electron chi connectivity index (χ4n) is 2.72. The van der Waals surface area contributed by atoms with Crippen molar-refractivity contribution in [1.82, 2.24) is 10.2 Å². The molecule has 0 heterocycles. The van der Waals surface area contributed by atoms with Gasteiger partial charge in [-0.3, -0.25) is 4.79 Å². The van der Waals surface area contributed by atoms with Gasteiger partial charge >= 0.3 is 0 Å². The third-order valence-corrected chi connectivity index (χ3v) is 5.24. The van der Waals surface area contributed by atoms with Crippen LogP contribution in [0.25, 0.3) is 0 Å². The number of carbonyl (C=O) groups is 1. The Bertz CT molecular complexity index is 701. The number of hydrogen-bond donors (Lipinski definition) is 1. The average Bonchev–Trinajstić information content (AvgIpc) is 2.63. The molecule has 0 aliphatic carbocycles. The summed E-state index contributed by atoms with van der Waals surface area (Å²) in [6, 6.07) is 16.4. The van der Waals surface area contributed by atoms with Crippen LogP contribution in [0.3, 0.4) is 0 Å². The van der Waals surface area contributed by atoms with Crippen molar-refractivity contribution in [2.24, 2.45) is 0 Å². The largest absolute Gasteiger partial charge is 0.496 e. The average molecular weight is 373 g/mol. The molecule has 0 saturated carbocycles. The Balaban J connectivity index is 1.84. The number of likely N-dealkylation sites (N-methyl/N-ethyl adjacent to an activating group) is 1. The summed E-state index contributed by atoms with van der Waals surface area (Å²) in [5, 5.41) is 3.05. The molecule has 0 fully saturated rings. The molecule has 0 radical (unpaired) electrons. The van der Waals surface area contributed by atoms with Crippen LogP contribution in [0, 0.1) is 6.92 Å². The highest BCUT2D eigenvalue weighted by Gasteiger charge is 2.18. The van der Waals surface area contributed by atoms with E-state index < -0.39 is 0 Å². The SMILES string of the molecule is COc1ccccc1C(CNC(=O)CSCc1ccc(C)cc1)N(C)C. The number of ether oxygens (including phenoxy) is 1. The number of amides is 1. The van der Waals surface area contributed by atoms with Crippen molar-refractivity contribution in [3.63, 3.8) is 0 Å². The second kappa shape index (κ2) is 10.2. The summed E-state index contributed by atoms with van der Waals surface area (Å²) in [5.74, 6) is 2.20. The molecule has 0 aliphatic rings. The Labute approximate surface area is 160 Å². The highest BCUT2D eigenvalue weighted by Crippen LogP contribution is 2.27. The molecule has 0 spiro atoms. The van der Waals surface area contributed by atoms with Crippen molar-refractivity contribution in [3.05, 3.63) is 65.2 Å². The Morgan fingerprint density at radius 2 is 1.85 bits per heavy atom. The lowest BCUT2D eigenvalue weighted by Gasteiger charge is -2.26. The van der Waals surface area contributed by atoms with Crippen LogP contribution < -0.4 is 10.1 Å². The van der Waals surface area contributed by atoms with E-state index in [1.165, 1.54) is 11.1 Å². The van der Waals surface area contributed by atoms with Crippen LogP contribution in [0.4, 0.5) is 0 Å². The summed E-state index contributed by atoms with van der Waals surface area (Å²) in [6.45, 7) is 2.63. The molecule has 2 aromatic rings. The van der Waals surface area contributed by atoms with Gasteiger partial charge in [0.25, 0.3) is 0 Å². The Kier molecular flexibility index (Phi) is 8.01. The Morgan fingerprint density at radius 1 is 1.15 bits per heavy atom. The van der Waals surface area contributed by atoms with Gasteiger partial charge in [0.05, 0.1) is 18.9 Å². The van der Waals surface area contributed by atoms with Gasteiger partial charge in [-0.1, -0.05) is 48.0 Å². The quantitative estimate of drug-likeness (QED) is 0.729. The number of para-hydroxylation sites is 1. The van der Waals surface area contributed by atoms with Crippen LogP contribution in [-0.4, -0.2) is 44.3 Å². The smallest absolute Gasteiger partial charge is 0.230 e. The number of hydrogen-bond acceptors (Lipinski definition) is 4. The van der Waals surface area contributed by atoms with Crippen molar-refractivity contribution in [2.75, 3.05) is 33.5 Å². The van der Waals surface area contributed by atoms with E-state index in [-0.39, 0.29) is 11.9 Å². The highest BCUT2D eigenvalue weighted by atomic mass is 32.2. The van der Waals surface area contributed by atoms with Crippen molar-refractivity contribution in [2.45, 2.75) is 18.7 Å². The number of methoxy groups -OCH3 is 1. The van der Waals surface area contributed by atoms with Crippen molar-refractivity contribution >= 4 is 17.7 Å². The zero-order chi connectivity index (χ0) is 18.9. The maximum atomic E-state index is 12.2. The molecule has 1 amide bonds. The molecule has 0 bridgehead atoms. The molecule has 5 heteroatoms. The molecule has 2 rings (SSSR count). The van der Waals surface area contributed by atoms with E-state index in [4.69, 9.17) is 4.74 Å². The third-order valence-electron chi connectivity index (χ3n) is 4.24. The number of benzene rings is 2. The lowest BCUT2D eigenvalue weighted by atomic mass is 10.0. The molecular weight excluding hydrogens is 344 g/mol. The predicted molar refractivity (Wildman–Crippen MR) is 110 cm³/mol. The zero-order valence-corrected chi connectivity index (χ0v) is 16.8. The summed E-state index contributed by atoms with van der Waals surface area (Å²) in [6.07, 6.45) is 0. The number of nitrogens with zero attached hydrogens (tertiary/aromatic N) is 1. The molecule has 1 atom stereocenters. The standard InChI is InChI=1S/C21H28N2O2S/c1-16-9-11-17(12-10-16)14-26-15-21(24)22-13-19(23(2)3)18-7-5-6-8-20(18)25-4/h5-12,19H,13-15H2,1-4H3,(H,22,24). The van der Waals surface area contributed by atoms with Crippen molar-refractivity contribution < 1.29 is 9.53 Å². The molecule has 1 unspecified atom stereocenters. The first-order valence-corrected chi connectivity index (χ1v) is 9.86. The fraction of sp³-hybridized carbons (Fsp3) is 0.381. The summed E-state index contributed by atoms with van der Waals surface area (Å²) in [7, 11) is 5.69. The fourth-order valence-corrected chi connectivity index (χ4v) is 3.54. The Hall–Kier alpha value is -1.98. The van der Waals surface area contributed by atoms with E-state index in [1.54, 1.807) is 18.9 Å². The van der Waals surface area contributed by atoms with Gasteiger partial charge in [-0.25, -0.2) is 0 Å². The molecule has 26 heavy (non-hydrogen) atoms. The van der Waals surface area contributed by atoms with Crippen LogP contribution in [0.15, 0.2) is 48.5 Å². The minimum absolute atomic E-state index is 0.0591. The van der Waals surface area contributed by atoms with Gasteiger partial charge in [0.1, 0.15) is 5.75 Å². The van der Waals surface area contributed by atoms with Gasteiger partial charge in [-0.05, 0) is 32.6 Å². The Morgan fingerprint density at radius 3 is 2.50 bits per heavy atom. The second-order valence-corrected chi connectivity index (χ2v) is 7.49. The molecule has 140 valence electrons. The molecule has 0 aliphatic heterocycles. The minimum Gasteiger partial charge on any atom is -0.496 e. The van der Waals surface area contributed by atoms with Crippen LogP contribution in [0.2, 0.25) is 0 Å². The van der Waals surface area contributed by atoms with Gasteiger partial charge in [0.15, 0.2) is 0 Å². The van der Waals surface area contributed by atoms with E-state index in [1.807, 2.05) is 38.4 Å². The molecule has 1 N–H and O–H groups in total. The normalized spacial score (nSPS) is 12.0. The number of rotatable bonds is 9. The van der Waals surface area contributed by atoms with Crippen molar-refractivity contribution in [1.29, 1.82) is 0 Å². The van der Waals surface area contributed by atoms with E-state index >= 15 is 0 Å². The zero-order valence-electron chi connectivity index (χ0n) is 16.0. The molecule has 2 aromatic carbocycles. The highest BCUT2D eigenvalue weighted by molar-refractivity contribution is 7.99. The first-order valence-electron chi connectivity index (χ1n) is 8.70. The van der Waals surface area contributed by atoms with Crippen LogP contribution in [0.1, 0.15) is 22.7 Å². The van der Waals surface area contributed by atoms with Gasteiger partial charge < -0.3 is 15.0 Å². The van der Waals surface area contributed by atoms with Crippen LogP contribution in [0.5, 0.6) is 5.75 Å². The lowest BCUT2D eigenvalue weighted by Crippen LogP contribution is -2.35. The lowest BCUT2D eigenvalue weighted by molar-refractivity contribution is -0.118. The number of thioether (sulfide) groups is 1. The third kappa shape index (κ3) is 6.07. The maximum Gasteiger partial charge on any atom is 0.230 e. The maximum absolute atomic E-state index is 12.2. The summed E-state index contributed by atoms with van der Waals surface area (Å²) < 4.78 is 5.46. The first kappa shape index (κ1) is 20.3. The number of nitrogens with one attached hydrogen (secondary N) is 1. The van der Waals surface area contributed by atoms with E-state index in [2.05, 4.69) is 41.4 Å².